The summed E-state index contributed by atoms with van der Waals surface area (Å²) >= 11 is 0. The summed E-state index contributed by atoms with van der Waals surface area (Å²) in [5.74, 6) is -0.00481. The maximum Gasteiger partial charge on any atom is 0.228 e. The third kappa shape index (κ3) is 4.91. The van der Waals surface area contributed by atoms with Crippen molar-refractivity contribution >= 4 is 23.2 Å². The van der Waals surface area contributed by atoms with E-state index in [1.54, 1.807) is 12.1 Å². The highest BCUT2D eigenvalue weighted by Crippen LogP contribution is 2.40. The Labute approximate surface area is 166 Å². The molecule has 28 heavy (non-hydrogen) atoms. The molecule has 2 N–H and O–H groups in total. The fourth-order valence-electron chi connectivity index (χ4n) is 3.10. The van der Waals surface area contributed by atoms with Crippen LogP contribution >= 0.6 is 0 Å². The van der Waals surface area contributed by atoms with Gasteiger partial charge in [0.25, 0.3) is 0 Å². The lowest BCUT2D eigenvalue weighted by atomic mass is 9.87. The quantitative estimate of drug-likeness (QED) is 0.770. The molecule has 2 aromatic rings. The average Bonchev–Trinajstić information content (AvgIpc) is 3.44. The Morgan fingerprint density at radius 1 is 0.893 bits per heavy atom. The van der Waals surface area contributed by atoms with Crippen LogP contribution < -0.4 is 15.4 Å². The van der Waals surface area contributed by atoms with Crippen molar-refractivity contribution in [1.29, 1.82) is 0 Å². The highest BCUT2D eigenvalue weighted by molar-refractivity contribution is 6.03. The second-order valence-electron chi connectivity index (χ2n) is 8.21. The number of hydrogen-bond donors (Lipinski definition) is 2. The standard InChI is InChI=1S/C23H28N2O3/c1-5-28-18-12-10-17(11-13-18)25-22(27)20-14-19(20)21(26)24-16-8-6-15(7-9-16)23(2,3)4/h6-13,19-20H,5,14H2,1-4H3,(H,24,26)(H,25,27). The molecule has 2 unspecified atom stereocenters. The Kier molecular flexibility index (Phi) is 5.73. The summed E-state index contributed by atoms with van der Waals surface area (Å²) in [5.41, 5.74) is 2.75. The second-order valence-corrected chi connectivity index (χ2v) is 8.21. The third-order valence-electron chi connectivity index (χ3n) is 4.92. The maximum atomic E-state index is 12.4. The summed E-state index contributed by atoms with van der Waals surface area (Å²) in [6, 6.07) is 15.1. The van der Waals surface area contributed by atoms with Gasteiger partial charge in [0.2, 0.25) is 11.8 Å². The smallest absolute Gasteiger partial charge is 0.228 e. The van der Waals surface area contributed by atoms with Crippen LogP contribution in [0.15, 0.2) is 48.5 Å². The molecule has 1 fully saturated rings. The van der Waals surface area contributed by atoms with Crippen molar-refractivity contribution in [2.24, 2.45) is 11.8 Å². The number of benzene rings is 2. The van der Waals surface area contributed by atoms with Crippen LogP contribution in [-0.4, -0.2) is 18.4 Å². The van der Waals surface area contributed by atoms with E-state index in [1.807, 2.05) is 43.3 Å². The van der Waals surface area contributed by atoms with Crippen LogP contribution in [0.25, 0.3) is 0 Å². The zero-order valence-corrected chi connectivity index (χ0v) is 16.9. The lowest BCUT2D eigenvalue weighted by Crippen LogP contribution is -2.20. The van der Waals surface area contributed by atoms with Crippen molar-refractivity contribution in [1.82, 2.24) is 0 Å². The SMILES string of the molecule is CCOc1ccc(NC(=O)C2CC2C(=O)Nc2ccc(C(C)(C)C)cc2)cc1. The molecule has 1 aliphatic carbocycles. The molecule has 0 spiro atoms. The molecule has 0 aliphatic heterocycles. The summed E-state index contributed by atoms with van der Waals surface area (Å²) < 4.78 is 5.39. The van der Waals surface area contributed by atoms with E-state index >= 15 is 0 Å². The number of carbonyl (C=O) groups is 2. The number of ether oxygens (including phenoxy) is 1. The minimum absolute atomic E-state index is 0.0725. The van der Waals surface area contributed by atoms with Gasteiger partial charge in [0.15, 0.2) is 0 Å². The summed E-state index contributed by atoms with van der Waals surface area (Å²) in [6.07, 6.45) is 0.578. The number of carbonyl (C=O) groups excluding carboxylic acids is 2. The lowest BCUT2D eigenvalue weighted by Gasteiger charge is -2.19. The number of hydrogen-bond acceptors (Lipinski definition) is 3. The van der Waals surface area contributed by atoms with Gasteiger partial charge in [0, 0.05) is 11.4 Å². The van der Waals surface area contributed by atoms with Gasteiger partial charge in [-0.25, -0.2) is 0 Å². The van der Waals surface area contributed by atoms with Gasteiger partial charge in [-0.2, -0.15) is 0 Å². The van der Waals surface area contributed by atoms with Crippen molar-refractivity contribution in [3.05, 3.63) is 54.1 Å². The van der Waals surface area contributed by atoms with Crippen LogP contribution in [0.2, 0.25) is 0 Å². The molecule has 3 rings (SSSR count). The number of nitrogens with one attached hydrogen (secondary N) is 2. The first-order chi connectivity index (χ1) is 13.3. The van der Waals surface area contributed by atoms with Crippen LogP contribution in [-0.2, 0) is 15.0 Å². The van der Waals surface area contributed by atoms with Crippen molar-refractivity contribution in [3.63, 3.8) is 0 Å². The molecular formula is C23H28N2O3. The normalized spacial score (nSPS) is 18.3. The van der Waals surface area contributed by atoms with Crippen LogP contribution in [0.3, 0.4) is 0 Å². The molecule has 148 valence electrons. The Morgan fingerprint density at radius 2 is 1.36 bits per heavy atom. The molecule has 0 aromatic heterocycles. The molecule has 0 heterocycles. The van der Waals surface area contributed by atoms with Crippen LogP contribution in [0.5, 0.6) is 5.75 Å². The summed E-state index contributed by atoms with van der Waals surface area (Å²) in [4.78, 5) is 24.8. The molecular weight excluding hydrogens is 352 g/mol. The van der Waals surface area contributed by atoms with Gasteiger partial charge in [-0.1, -0.05) is 32.9 Å². The summed E-state index contributed by atoms with van der Waals surface area (Å²) in [7, 11) is 0. The number of rotatable bonds is 6. The maximum absolute atomic E-state index is 12.4. The van der Waals surface area contributed by atoms with E-state index in [4.69, 9.17) is 4.74 Å². The zero-order valence-electron chi connectivity index (χ0n) is 16.9. The number of anilines is 2. The monoisotopic (exact) mass is 380 g/mol. The lowest BCUT2D eigenvalue weighted by molar-refractivity contribution is -0.122. The van der Waals surface area contributed by atoms with E-state index in [0.717, 1.165) is 11.4 Å². The van der Waals surface area contributed by atoms with E-state index in [2.05, 4.69) is 31.4 Å². The van der Waals surface area contributed by atoms with Crippen LogP contribution in [0.4, 0.5) is 11.4 Å². The first-order valence-corrected chi connectivity index (χ1v) is 9.73. The minimum Gasteiger partial charge on any atom is -0.494 e. The van der Waals surface area contributed by atoms with Crippen molar-refractivity contribution in [3.8, 4) is 5.75 Å². The van der Waals surface area contributed by atoms with E-state index in [9.17, 15) is 9.59 Å². The van der Waals surface area contributed by atoms with Crippen molar-refractivity contribution in [2.75, 3.05) is 17.2 Å². The molecule has 0 bridgehead atoms. The molecule has 2 aromatic carbocycles. The predicted octanol–water partition coefficient (Wildman–Crippen LogP) is 4.60. The first kappa shape index (κ1) is 19.9. The van der Waals surface area contributed by atoms with Crippen molar-refractivity contribution in [2.45, 2.75) is 39.5 Å². The Morgan fingerprint density at radius 3 is 1.79 bits per heavy atom. The van der Waals surface area contributed by atoms with E-state index in [0.29, 0.717) is 18.7 Å². The second kappa shape index (κ2) is 8.05. The molecule has 0 radical (unpaired) electrons. The topological polar surface area (TPSA) is 67.4 Å². The zero-order chi connectivity index (χ0) is 20.3. The fourth-order valence-corrected chi connectivity index (χ4v) is 3.10. The van der Waals surface area contributed by atoms with Crippen molar-refractivity contribution < 1.29 is 14.3 Å². The molecule has 1 aliphatic rings. The molecule has 0 saturated heterocycles. The largest absolute Gasteiger partial charge is 0.494 e. The van der Waals surface area contributed by atoms with Gasteiger partial charge in [0.1, 0.15) is 5.75 Å². The van der Waals surface area contributed by atoms with Gasteiger partial charge in [0.05, 0.1) is 18.4 Å². The van der Waals surface area contributed by atoms with E-state index in [-0.39, 0.29) is 29.1 Å². The van der Waals surface area contributed by atoms with Gasteiger partial charge in [-0.05, 0) is 60.7 Å². The highest BCUT2D eigenvalue weighted by atomic mass is 16.5. The summed E-state index contributed by atoms with van der Waals surface area (Å²) in [5, 5.41) is 5.79. The van der Waals surface area contributed by atoms with Crippen LogP contribution in [0.1, 0.15) is 39.7 Å². The average molecular weight is 380 g/mol. The highest BCUT2D eigenvalue weighted by Gasteiger charge is 2.48. The Balaban J connectivity index is 1.51. The van der Waals surface area contributed by atoms with Crippen LogP contribution in [0, 0.1) is 11.8 Å². The molecule has 5 heteroatoms. The molecule has 5 nitrogen and oxygen atoms in total. The number of amides is 2. The molecule has 2 atom stereocenters. The minimum atomic E-state index is -0.277. The predicted molar refractivity (Wildman–Crippen MR) is 112 cm³/mol. The third-order valence-corrected chi connectivity index (χ3v) is 4.92. The fraction of sp³-hybridized carbons (Fsp3) is 0.391. The van der Waals surface area contributed by atoms with Gasteiger partial charge >= 0.3 is 0 Å². The first-order valence-electron chi connectivity index (χ1n) is 9.73. The molecule has 2 amide bonds. The Hall–Kier alpha value is -2.82. The summed E-state index contributed by atoms with van der Waals surface area (Å²) in [6.45, 7) is 8.98. The van der Waals surface area contributed by atoms with Gasteiger partial charge in [-0.15, -0.1) is 0 Å². The van der Waals surface area contributed by atoms with Gasteiger partial charge < -0.3 is 15.4 Å². The molecule has 1 saturated carbocycles. The van der Waals surface area contributed by atoms with E-state index in [1.165, 1.54) is 5.56 Å². The van der Waals surface area contributed by atoms with Gasteiger partial charge in [-0.3, -0.25) is 9.59 Å². The Bertz CT molecular complexity index is 836. The van der Waals surface area contributed by atoms with E-state index < -0.39 is 0 Å².